The quantitative estimate of drug-likeness (QED) is 0.748. The molecule has 132 valence electrons. The number of nitrogens with zero attached hydrogens (tertiary/aromatic N) is 4. The van der Waals surface area contributed by atoms with Crippen molar-refractivity contribution < 1.29 is 24.1 Å². The van der Waals surface area contributed by atoms with Crippen molar-refractivity contribution in [3.8, 4) is 11.9 Å². The normalized spacial score (nSPS) is 24.9. The van der Waals surface area contributed by atoms with Crippen LogP contribution < -0.4 is 9.47 Å². The summed E-state index contributed by atoms with van der Waals surface area (Å²) in [5.74, 6) is -0.0153. The van der Waals surface area contributed by atoms with Crippen LogP contribution in [0.5, 0.6) is 11.9 Å². The summed E-state index contributed by atoms with van der Waals surface area (Å²) < 4.78 is 15.4. The van der Waals surface area contributed by atoms with Gasteiger partial charge in [-0.3, -0.25) is 9.69 Å². The fourth-order valence-corrected chi connectivity index (χ4v) is 3.07. The number of methoxy groups -OCH3 is 2. The monoisotopic (exact) mass is 338 g/mol. The third kappa shape index (κ3) is 3.42. The van der Waals surface area contributed by atoms with Gasteiger partial charge in [0.25, 0.3) is 5.91 Å². The van der Waals surface area contributed by atoms with E-state index in [4.69, 9.17) is 14.2 Å². The van der Waals surface area contributed by atoms with Gasteiger partial charge in [0.15, 0.2) is 0 Å². The van der Waals surface area contributed by atoms with Crippen molar-refractivity contribution in [2.75, 3.05) is 53.6 Å². The van der Waals surface area contributed by atoms with E-state index in [1.54, 1.807) is 4.90 Å². The summed E-state index contributed by atoms with van der Waals surface area (Å²) in [7, 11) is 2.89. The number of ether oxygens (including phenoxy) is 3. The number of likely N-dealkylation sites (tertiary alicyclic amines) is 1. The average Bonchev–Trinajstić information content (AvgIpc) is 3.03. The van der Waals surface area contributed by atoms with Gasteiger partial charge in [0.05, 0.1) is 39.6 Å². The second kappa shape index (κ2) is 7.29. The van der Waals surface area contributed by atoms with E-state index in [2.05, 4.69) is 14.9 Å². The summed E-state index contributed by atoms with van der Waals surface area (Å²) in [6.07, 6.45) is -0.585. The van der Waals surface area contributed by atoms with Crippen molar-refractivity contribution in [2.45, 2.75) is 12.1 Å². The summed E-state index contributed by atoms with van der Waals surface area (Å²) in [6.45, 7) is 3.55. The molecule has 1 N–H and O–H groups in total. The zero-order valence-corrected chi connectivity index (χ0v) is 13.8. The van der Waals surface area contributed by atoms with Crippen molar-refractivity contribution in [3.05, 3.63) is 11.8 Å². The van der Waals surface area contributed by atoms with Crippen LogP contribution in [0, 0.1) is 0 Å². The number of carbonyl (C=O) groups excluding carboxylic acids is 1. The van der Waals surface area contributed by atoms with Gasteiger partial charge in [0.1, 0.15) is 5.69 Å². The summed E-state index contributed by atoms with van der Waals surface area (Å²) in [5.41, 5.74) is 0.188. The van der Waals surface area contributed by atoms with Crippen molar-refractivity contribution in [2.24, 2.45) is 0 Å². The minimum atomic E-state index is -0.585. The Labute approximate surface area is 140 Å². The average molecular weight is 338 g/mol. The maximum Gasteiger partial charge on any atom is 0.320 e. The maximum absolute atomic E-state index is 12.7. The molecular weight excluding hydrogens is 316 g/mol. The molecule has 2 fully saturated rings. The molecule has 0 spiro atoms. The first kappa shape index (κ1) is 16.9. The minimum absolute atomic E-state index is 0.0715. The molecule has 0 aromatic carbocycles. The fraction of sp³-hybridized carbons (Fsp3) is 0.667. The molecule has 1 aromatic rings. The predicted octanol–water partition coefficient (Wildman–Crippen LogP) is -0.989. The lowest BCUT2D eigenvalue weighted by molar-refractivity contribution is -0.00611. The van der Waals surface area contributed by atoms with Crippen LogP contribution in [0.15, 0.2) is 6.07 Å². The van der Waals surface area contributed by atoms with Crippen LogP contribution >= 0.6 is 0 Å². The minimum Gasteiger partial charge on any atom is -0.481 e. The SMILES string of the molecule is COc1cc(C(=O)N2C[C@@H](O)[C@H](N3CCOCC3)C2)nc(OC)n1. The zero-order valence-electron chi connectivity index (χ0n) is 13.8. The van der Waals surface area contributed by atoms with E-state index >= 15 is 0 Å². The third-order valence-corrected chi connectivity index (χ3v) is 4.35. The lowest BCUT2D eigenvalue weighted by Gasteiger charge is -2.33. The number of β-amino-alcohol motifs (C(OH)–C–C–N with tert-alkyl or cyclic N) is 1. The molecule has 0 radical (unpaired) electrons. The van der Waals surface area contributed by atoms with Gasteiger partial charge in [-0.15, -0.1) is 0 Å². The Morgan fingerprint density at radius 3 is 2.67 bits per heavy atom. The highest BCUT2D eigenvalue weighted by Crippen LogP contribution is 2.21. The number of aromatic nitrogens is 2. The van der Waals surface area contributed by atoms with E-state index in [0.717, 1.165) is 13.1 Å². The Kier molecular flexibility index (Phi) is 5.12. The Morgan fingerprint density at radius 2 is 2.00 bits per heavy atom. The number of aliphatic hydroxyl groups excluding tert-OH is 1. The summed E-state index contributed by atoms with van der Waals surface area (Å²) in [5, 5.41) is 10.4. The smallest absolute Gasteiger partial charge is 0.320 e. The topological polar surface area (TPSA) is 97.2 Å². The number of carbonyl (C=O) groups is 1. The Hall–Kier alpha value is -1.97. The highest BCUT2D eigenvalue weighted by Gasteiger charge is 2.38. The van der Waals surface area contributed by atoms with Crippen LogP contribution in [-0.2, 0) is 4.74 Å². The summed E-state index contributed by atoms with van der Waals surface area (Å²) in [6, 6.07) is 1.46. The number of aliphatic hydroxyl groups is 1. The molecule has 3 heterocycles. The first-order valence-corrected chi connectivity index (χ1v) is 7.88. The summed E-state index contributed by atoms with van der Waals surface area (Å²) >= 11 is 0. The largest absolute Gasteiger partial charge is 0.481 e. The lowest BCUT2D eigenvalue weighted by atomic mass is 10.1. The molecule has 1 amide bonds. The van der Waals surface area contributed by atoms with Gasteiger partial charge in [0.2, 0.25) is 5.88 Å². The molecule has 2 saturated heterocycles. The summed E-state index contributed by atoms with van der Waals surface area (Å²) in [4.78, 5) is 24.6. The molecule has 0 aliphatic carbocycles. The van der Waals surface area contributed by atoms with E-state index in [-0.39, 0.29) is 36.1 Å². The van der Waals surface area contributed by atoms with Crippen LogP contribution in [0.25, 0.3) is 0 Å². The number of rotatable bonds is 4. The van der Waals surface area contributed by atoms with Gasteiger partial charge in [-0.05, 0) is 0 Å². The molecule has 9 heteroatoms. The molecule has 9 nitrogen and oxygen atoms in total. The van der Waals surface area contributed by atoms with Gasteiger partial charge < -0.3 is 24.2 Å². The Bertz CT molecular complexity index is 571. The zero-order chi connectivity index (χ0) is 17.1. The second-order valence-electron chi connectivity index (χ2n) is 5.78. The van der Waals surface area contributed by atoms with Crippen LogP contribution in [0.4, 0.5) is 0 Å². The van der Waals surface area contributed by atoms with Gasteiger partial charge in [-0.25, -0.2) is 0 Å². The third-order valence-electron chi connectivity index (χ3n) is 4.35. The van der Waals surface area contributed by atoms with E-state index in [1.807, 2.05) is 0 Å². The molecule has 1 aromatic heterocycles. The van der Waals surface area contributed by atoms with E-state index < -0.39 is 6.10 Å². The molecular formula is C15H22N4O5. The Balaban J connectivity index is 1.73. The van der Waals surface area contributed by atoms with Crippen LogP contribution in [0.2, 0.25) is 0 Å². The van der Waals surface area contributed by atoms with Crippen molar-refractivity contribution in [1.82, 2.24) is 19.8 Å². The van der Waals surface area contributed by atoms with Gasteiger partial charge in [-0.1, -0.05) is 0 Å². The standard InChI is InChI=1S/C15H22N4O5/c1-22-13-7-10(16-15(17-13)23-2)14(21)19-8-11(12(20)9-19)18-3-5-24-6-4-18/h7,11-12,20H,3-6,8-9H2,1-2H3/t11-,12-/m1/s1. The maximum atomic E-state index is 12.7. The molecule has 2 aliphatic heterocycles. The highest BCUT2D eigenvalue weighted by molar-refractivity contribution is 5.93. The lowest BCUT2D eigenvalue weighted by Crippen LogP contribution is -2.49. The molecule has 2 atom stereocenters. The number of amides is 1. The van der Waals surface area contributed by atoms with E-state index in [0.29, 0.717) is 19.8 Å². The van der Waals surface area contributed by atoms with Crippen LogP contribution in [-0.4, -0.2) is 96.5 Å². The van der Waals surface area contributed by atoms with E-state index in [1.165, 1.54) is 20.3 Å². The molecule has 0 bridgehead atoms. The van der Waals surface area contributed by atoms with Gasteiger partial charge in [-0.2, -0.15) is 9.97 Å². The first-order valence-electron chi connectivity index (χ1n) is 7.88. The van der Waals surface area contributed by atoms with Crippen molar-refractivity contribution in [1.29, 1.82) is 0 Å². The van der Waals surface area contributed by atoms with Gasteiger partial charge in [0, 0.05) is 32.2 Å². The fourth-order valence-electron chi connectivity index (χ4n) is 3.07. The van der Waals surface area contributed by atoms with Crippen LogP contribution in [0.1, 0.15) is 10.5 Å². The molecule has 24 heavy (non-hydrogen) atoms. The van der Waals surface area contributed by atoms with Gasteiger partial charge >= 0.3 is 6.01 Å². The number of hydrogen-bond acceptors (Lipinski definition) is 8. The molecule has 2 aliphatic rings. The molecule has 0 saturated carbocycles. The molecule has 0 unspecified atom stereocenters. The highest BCUT2D eigenvalue weighted by atomic mass is 16.5. The van der Waals surface area contributed by atoms with E-state index in [9.17, 15) is 9.90 Å². The Morgan fingerprint density at radius 1 is 1.25 bits per heavy atom. The van der Waals surface area contributed by atoms with Crippen molar-refractivity contribution >= 4 is 5.91 Å². The predicted molar refractivity (Wildman–Crippen MR) is 83.2 cm³/mol. The molecule has 3 rings (SSSR count). The van der Waals surface area contributed by atoms with Crippen LogP contribution in [0.3, 0.4) is 0 Å². The number of morpholine rings is 1. The second-order valence-corrected chi connectivity index (χ2v) is 5.78. The van der Waals surface area contributed by atoms with Crippen molar-refractivity contribution in [3.63, 3.8) is 0 Å². The number of hydrogen-bond donors (Lipinski definition) is 1. The first-order chi connectivity index (χ1) is 11.6.